The molecule has 0 atom stereocenters. The number of benzene rings is 4. The third-order valence-electron chi connectivity index (χ3n) is 8.67. The Hall–Kier alpha value is -6.30. The molecule has 3 aromatic heterocycles. The van der Waals surface area contributed by atoms with Gasteiger partial charge in [0.05, 0.1) is 33.8 Å². The quantitative estimate of drug-likeness (QED) is 0.159. The number of aromatic nitrogens is 3. The Morgan fingerprint density at radius 3 is 0.778 bits per heavy atom. The molecule has 0 aliphatic carbocycles. The van der Waals surface area contributed by atoms with Gasteiger partial charge in [0.2, 0.25) is 0 Å². The summed E-state index contributed by atoms with van der Waals surface area (Å²) in [5, 5.41) is 0. The summed E-state index contributed by atoms with van der Waals surface area (Å²) in [6.07, 6.45) is -10.5. The molecule has 0 unspecified atom stereocenters. The van der Waals surface area contributed by atoms with Gasteiger partial charge in [-0.1, -0.05) is 54.6 Å². The highest BCUT2D eigenvalue weighted by Crippen LogP contribution is 2.39. The summed E-state index contributed by atoms with van der Waals surface area (Å²) in [5.41, 5.74) is 2.71. The molecule has 7 aromatic rings. The molecule has 54 heavy (non-hydrogen) atoms. The summed E-state index contributed by atoms with van der Waals surface area (Å²) < 4.78 is 122. The molecule has 0 bridgehead atoms. The van der Waals surface area contributed by atoms with Crippen LogP contribution in [0.5, 0.6) is 0 Å². The van der Waals surface area contributed by atoms with Crippen molar-refractivity contribution >= 4 is 0 Å². The Bertz CT molecular complexity index is 2200. The molecule has 0 N–H and O–H groups in total. The molecule has 0 aliphatic rings. The summed E-state index contributed by atoms with van der Waals surface area (Å²) in [5.74, 6) is 0. The van der Waals surface area contributed by atoms with Crippen molar-refractivity contribution in [1.82, 2.24) is 15.0 Å². The smallest absolute Gasteiger partial charge is 0.256 e. The molecule has 270 valence electrons. The summed E-state index contributed by atoms with van der Waals surface area (Å²) in [6, 6.07) is 31.4. The van der Waals surface area contributed by atoms with Gasteiger partial charge in [0, 0.05) is 35.3 Å². The maximum absolute atomic E-state index is 13.5. The zero-order chi connectivity index (χ0) is 38.3. The molecule has 0 radical (unpaired) electrons. The molecule has 0 amide bonds. The van der Waals surface area contributed by atoms with Gasteiger partial charge < -0.3 is 0 Å². The molecule has 0 aliphatic heterocycles. The van der Waals surface area contributed by atoms with E-state index in [1.165, 1.54) is 0 Å². The predicted octanol–water partition coefficient (Wildman–Crippen LogP) is 12.9. The number of nitrogens with zero attached hydrogens (tertiary/aromatic N) is 3. The Balaban J connectivity index is 1.37. The van der Waals surface area contributed by atoms with Crippen LogP contribution in [-0.2, 0) is 18.5 Å². The second-order valence-electron chi connectivity index (χ2n) is 12.3. The topological polar surface area (TPSA) is 38.7 Å². The normalized spacial score (nSPS) is 12.2. The van der Waals surface area contributed by atoms with E-state index >= 15 is 0 Å². The molecule has 0 saturated carbocycles. The lowest BCUT2D eigenvalue weighted by molar-refractivity contribution is -0.138. The minimum absolute atomic E-state index is 0.102. The van der Waals surface area contributed by atoms with Crippen LogP contribution in [0.15, 0.2) is 146 Å². The van der Waals surface area contributed by atoms with Crippen molar-refractivity contribution in [3.63, 3.8) is 0 Å². The van der Waals surface area contributed by atoms with E-state index in [2.05, 4.69) is 15.0 Å². The number of hydrogen-bond acceptors (Lipinski definition) is 3. The second-order valence-corrected chi connectivity index (χ2v) is 12.3. The van der Waals surface area contributed by atoms with Crippen molar-refractivity contribution in [1.29, 1.82) is 0 Å². The van der Waals surface area contributed by atoms with Gasteiger partial charge in [-0.25, -0.2) is 0 Å². The van der Waals surface area contributed by atoms with E-state index < -0.39 is 35.2 Å². The van der Waals surface area contributed by atoms with Crippen molar-refractivity contribution in [2.45, 2.75) is 18.5 Å². The molecule has 0 saturated heterocycles. The highest BCUT2D eigenvalue weighted by Gasteiger charge is 2.32. The number of pyridine rings is 3. The summed E-state index contributed by atoms with van der Waals surface area (Å²) >= 11 is 0. The first-order valence-corrected chi connectivity index (χ1v) is 16.2. The summed E-state index contributed by atoms with van der Waals surface area (Å²) in [7, 11) is 0. The van der Waals surface area contributed by atoms with E-state index in [9.17, 15) is 39.5 Å². The fourth-order valence-electron chi connectivity index (χ4n) is 6.00. The lowest BCUT2D eigenvalue weighted by atomic mass is 9.91. The van der Waals surface area contributed by atoms with E-state index in [1.807, 2.05) is 18.2 Å². The molecular weight excluding hydrogens is 717 g/mol. The predicted molar refractivity (Wildman–Crippen MR) is 187 cm³/mol. The van der Waals surface area contributed by atoms with Crippen LogP contribution in [0.2, 0.25) is 0 Å². The van der Waals surface area contributed by atoms with E-state index in [0.29, 0.717) is 50.1 Å². The molecule has 0 spiro atoms. The first-order chi connectivity index (χ1) is 25.6. The van der Waals surface area contributed by atoms with Gasteiger partial charge in [0.1, 0.15) is 0 Å². The van der Waals surface area contributed by atoms with Gasteiger partial charge in [-0.3, -0.25) is 15.0 Å². The van der Waals surface area contributed by atoms with Crippen LogP contribution in [0.4, 0.5) is 39.5 Å². The monoisotopic (exact) mass is 741 g/mol. The fourth-order valence-corrected chi connectivity index (χ4v) is 6.00. The molecule has 3 nitrogen and oxygen atoms in total. The average molecular weight is 742 g/mol. The number of halogens is 9. The van der Waals surface area contributed by atoms with Crippen LogP contribution < -0.4 is 0 Å². The Morgan fingerprint density at radius 1 is 0.278 bits per heavy atom. The molecule has 7 rings (SSSR count). The van der Waals surface area contributed by atoms with Gasteiger partial charge in [0.15, 0.2) is 0 Å². The van der Waals surface area contributed by atoms with Crippen molar-refractivity contribution in [2.75, 3.05) is 0 Å². The van der Waals surface area contributed by atoms with Gasteiger partial charge in [-0.05, 0) is 106 Å². The van der Waals surface area contributed by atoms with Gasteiger partial charge >= 0.3 is 18.5 Å². The standard InChI is InChI=1S/C42H24F9N3/c43-40(44,45)34-10-13-52-37(22-34)28-7-1-4-25(16-28)31-19-32(26-5-2-8-29(17-26)38-23-35(11-14-53-38)41(46,47)48)21-33(20-31)27-6-3-9-30(18-27)39-24-36(12-15-54-39)42(49,50)51/h1-24H. The van der Waals surface area contributed by atoms with Crippen LogP contribution in [0.25, 0.3) is 67.2 Å². The molecule has 3 heterocycles. The molecule has 0 fully saturated rings. The molecular formula is C42H24F9N3. The van der Waals surface area contributed by atoms with Crippen LogP contribution >= 0.6 is 0 Å². The lowest BCUT2D eigenvalue weighted by Crippen LogP contribution is -2.05. The van der Waals surface area contributed by atoms with Crippen molar-refractivity contribution < 1.29 is 39.5 Å². The number of rotatable bonds is 6. The number of alkyl halides is 9. The van der Waals surface area contributed by atoms with Gasteiger partial charge in [-0.2, -0.15) is 39.5 Å². The minimum atomic E-state index is -4.57. The Labute approximate surface area is 302 Å². The maximum Gasteiger partial charge on any atom is 0.416 e. The third kappa shape index (κ3) is 7.87. The van der Waals surface area contributed by atoms with Crippen LogP contribution in [0.3, 0.4) is 0 Å². The average Bonchev–Trinajstić information content (AvgIpc) is 3.17. The zero-order valence-corrected chi connectivity index (χ0v) is 27.6. The van der Waals surface area contributed by atoms with Crippen molar-refractivity contribution in [3.8, 4) is 67.2 Å². The largest absolute Gasteiger partial charge is 0.416 e. The molecule has 12 heteroatoms. The van der Waals surface area contributed by atoms with Crippen LogP contribution in [0.1, 0.15) is 16.7 Å². The number of hydrogen-bond donors (Lipinski definition) is 0. The van der Waals surface area contributed by atoms with E-state index in [0.717, 1.165) is 55.0 Å². The van der Waals surface area contributed by atoms with E-state index in [4.69, 9.17) is 0 Å². The fraction of sp³-hybridized carbons (Fsp3) is 0.0714. The second kappa shape index (κ2) is 13.9. The minimum Gasteiger partial charge on any atom is -0.256 e. The van der Waals surface area contributed by atoms with Gasteiger partial charge in [0.25, 0.3) is 0 Å². The summed E-state index contributed by atoms with van der Waals surface area (Å²) in [6.45, 7) is 0. The molecule has 4 aromatic carbocycles. The maximum atomic E-state index is 13.5. The highest BCUT2D eigenvalue weighted by atomic mass is 19.4. The van der Waals surface area contributed by atoms with Crippen LogP contribution in [-0.4, -0.2) is 15.0 Å². The SMILES string of the molecule is FC(F)(F)c1ccnc(-c2cccc(-c3cc(-c4cccc(-c5cc(C(F)(F)F)ccn5)c4)cc(-c4cccc(-c5cc(C(F)(F)F)ccn5)c4)c3)c2)c1. The Morgan fingerprint density at radius 2 is 0.519 bits per heavy atom. The summed E-state index contributed by atoms with van der Waals surface area (Å²) in [4.78, 5) is 12.5. The first kappa shape index (κ1) is 36.1. The van der Waals surface area contributed by atoms with Crippen molar-refractivity contribution in [3.05, 3.63) is 163 Å². The van der Waals surface area contributed by atoms with Gasteiger partial charge in [-0.15, -0.1) is 0 Å². The highest BCUT2D eigenvalue weighted by molar-refractivity contribution is 5.84. The van der Waals surface area contributed by atoms with Crippen molar-refractivity contribution in [2.24, 2.45) is 0 Å². The zero-order valence-electron chi connectivity index (χ0n) is 27.6. The van der Waals surface area contributed by atoms with E-state index in [1.54, 1.807) is 72.8 Å². The lowest BCUT2D eigenvalue weighted by Gasteiger charge is -2.14. The van der Waals surface area contributed by atoms with Crippen LogP contribution in [0, 0.1) is 0 Å². The Kier molecular flexibility index (Phi) is 9.30. The third-order valence-corrected chi connectivity index (χ3v) is 8.67. The first-order valence-electron chi connectivity index (χ1n) is 16.2. The van der Waals surface area contributed by atoms with E-state index in [-0.39, 0.29) is 17.1 Å².